The molecule has 2 unspecified atom stereocenters. The normalized spacial score (nSPS) is 27.7. The van der Waals surface area contributed by atoms with E-state index in [1.807, 2.05) is 0 Å². The zero-order valence-corrected chi connectivity index (χ0v) is 20.5. The molecule has 2 atom stereocenters. The van der Waals surface area contributed by atoms with E-state index in [-0.39, 0.29) is 25.7 Å². The molecule has 2 aliphatic rings. The summed E-state index contributed by atoms with van der Waals surface area (Å²) in [7, 11) is -6.21. The number of alkyl halides is 8. The Morgan fingerprint density at radius 3 is 2.08 bits per heavy atom. The molecule has 1 heterocycles. The number of hydrogen-bond acceptors (Lipinski definition) is 10. The van der Waals surface area contributed by atoms with Crippen LogP contribution in [0.3, 0.4) is 0 Å². The van der Waals surface area contributed by atoms with Gasteiger partial charge in [-0.3, -0.25) is 9.35 Å². The summed E-state index contributed by atoms with van der Waals surface area (Å²) in [5.41, 5.74) is -1.82. The molecule has 0 radical (unpaired) electrons. The third-order valence-electron chi connectivity index (χ3n) is 5.66. The Morgan fingerprint density at radius 1 is 0.974 bits per heavy atom. The van der Waals surface area contributed by atoms with Crippen LogP contribution in [0.5, 0.6) is 0 Å². The molecule has 0 aromatic heterocycles. The lowest BCUT2D eigenvalue weighted by Gasteiger charge is -2.50. The fraction of sp³-hybridized carbons (Fsp3) is 0.895. The first-order valence-electron chi connectivity index (χ1n) is 11.0. The van der Waals surface area contributed by atoms with Crippen molar-refractivity contribution in [2.45, 2.75) is 74.3 Å². The summed E-state index contributed by atoms with van der Waals surface area (Å²) >= 11 is 0. The molecule has 2 rings (SSSR count). The first kappa shape index (κ1) is 33.3. The third-order valence-corrected chi connectivity index (χ3v) is 6.48. The largest absolute Gasteiger partial charge is 0.465 e. The lowest BCUT2D eigenvalue weighted by molar-refractivity contribution is -0.358. The highest BCUT2D eigenvalue weighted by atomic mass is 32.2. The highest BCUT2D eigenvalue weighted by molar-refractivity contribution is 7.87. The number of hydrogen-bond donors (Lipinski definition) is 2. The topological polar surface area (TPSA) is 155 Å². The molecular formula is C19H24F8O11S. The number of aliphatic hydroxyl groups excluding tert-OH is 1. The van der Waals surface area contributed by atoms with E-state index in [9.17, 15) is 58.2 Å². The zero-order chi connectivity index (χ0) is 29.9. The summed E-state index contributed by atoms with van der Waals surface area (Å²) < 4.78 is 158. The predicted molar refractivity (Wildman–Crippen MR) is 106 cm³/mol. The second kappa shape index (κ2) is 11.9. The van der Waals surface area contributed by atoms with Crippen molar-refractivity contribution in [3.8, 4) is 0 Å². The molecule has 1 aliphatic heterocycles. The first-order valence-corrected chi connectivity index (χ1v) is 12.5. The van der Waals surface area contributed by atoms with Gasteiger partial charge in [-0.05, 0) is 19.3 Å². The molecule has 2 N–H and O–H groups in total. The predicted octanol–water partition coefficient (Wildman–Crippen LogP) is 2.47. The van der Waals surface area contributed by atoms with Crippen LogP contribution in [0.2, 0.25) is 0 Å². The highest BCUT2D eigenvalue weighted by Crippen LogP contribution is 2.42. The summed E-state index contributed by atoms with van der Waals surface area (Å²) in [6.07, 6.45) is -17.6. The molecule has 1 saturated carbocycles. The van der Waals surface area contributed by atoms with Crippen LogP contribution < -0.4 is 0 Å². The maximum Gasteiger partial charge on any atom is 0.465 e. The van der Waals surface area contributed by atoms with E-state index in [0.29, 0.717) is 0 Å². The van der Waals surface area contributed by atoms with Crippen molar-refractivity contribution in [2.24, 2.45) is 5.41 Å². The lowest BCUT2D eigenvalue weighted by atomic mass is 9.86. The number of rotatable bonds is 10. The van der Waals surface area contributed by atoms with E-state index in [2.05, 4.69) is 9.47 Å². The summed E-state index contributed by atoms with van der Waals surface area (Å²) in [4.78, 5) is 23.4. The Morgan fingerprint density at radius 2 is 1.56 bits per heavy atom. The Labute approximate surface area is 215 Å². The first-order chi connectivity index (χ1) is 17.6. The van der Waals surface area contributed by atoms with Crippen molar-refractivity contribution in [3.05, 3.63) is 0 Å². The van der Waals surface area contributed by atoms with Crippen molar-refractivity contribution >= 4 is 22.1 Å². The minimum Gasteiger partial charge on any atom is -0.465 e. The molecule has 1 spiro atoms. The number of esters is 2. The molecular weight excluding hydrogens is 588 g/mol. The smallest absolute Gasteiger partial charge is 0.465 e. The molecule has 1 saturated heterocycles. The molecule has 228 valence electrons. The molecule has 0 amide bonds. The van der Waals surface area contributed by atoms with Gasteiger partial charge in [0.25, 0.3) is 0 Å². The third kappa shape index (κ3) is 9.34. The maximum atomic E-state index is 13.7. The Kier molecular flexibility index (Phi) is 10.2. The van der Waals surface area contributed by atoms with E-state index in [0.717, 1.165) is 0 Å². The van der Waals surface area contributed by atoms with Crippen molar-refractivity contribution in [2.75, 3.05) is 26.4 Å². The summed E-state index contributed by atoms with van der Waals surface area (Å²) in [5.74, 6) is -6.44. The van der Waals surface area contributed by atoms with Crippen molar-refractivity contribution in [1.82, 2.24) is 0 Å². The molecule has 20 heteroatoms. The molecule has 0 aromatic rings. The summed E-state index contributed by atoms with van der Waals surface area (Å²) in [6, 6.07) is 0. The molecule has 11 nitrogen and oxygen atoms in total. The summed E-state index contributed by atoms with van der Waals surface area (Å²) in [6.45, 7) is -3.34. The van der Waals surface area contributed by atoms with Gasteiger partial charge in [0.2, 0.25) is 5.79 Å². The van der Waals surface area contributed by atoms with Crippen LogP contribution in [0.25, 0.3) is 0 Å². The lowest BCUT2D eigenvalue weighted by Crippen LogP contribution is -2.61. The SMILES string of the molecule is O=C(CC(F)(F)F)OCC1(COC(O)CC(F)(F)F)COC2(CCCCC2OC(=O)C(F)(F)S(=O)(=O)O)OC1. The maximum absolute atomic E-state index is 13.7. The van der Waals surface area contributed by atoms with Crippen LogP contribution >= 0.6 is 0 Å². The van der Waals surface area contributed by atoms with Gasteiger partial charge < -0.3 is 28.8 Å². The molecule has 1 aliphatic carbocycles. The Hall–Kier alpha value is -1.87. The fourth-order valence-electron chi connectivity index (χ4n) is 3.68. The summed E-state index contributed by atoms with van der Waals surface area (Å²) in [5, 5.41) is 4.16. The van der Waals surface area contributed by atoms with E-state index in [1.165, 1.54) is 0 Å². The number of aliphatic hydroxyl groups is 1. The van der Waals surface area contributed by atoms with Crippen LogP contribution in [0, 0.1) is 5.41 Å². The minimum absolute atomic E-state index is 0.149. The van der Waals surface area contributed by atoms with Crippen LogP contribution in [-0.4, -0.2) is 92.2 Å². The van der Waals surface area contributed by atoms with Gasteiger partial charge in [0.1, 0.15) is 13.0 Å². The zero-order valence-electron chi connectivity index (χ0n) is 19.7. The average molecular weight is 612 g/mol. The van der Waals surface area contributed by atoms with Crippen molar-refractivity contribution in [3.63, 3.8) is 0 Å². The fourth-order valence-corrected chi connectivity index (χ4v) is 3.94. The highest BCUT2D eigenvalue weighted by Gasteiger charge is 2.58. The molecule has 2 fully saturated rings. The minimum atomic E-state index is -6.21. The number of carbonyl (C=O) groups excluding carboxylic acids is 2. The molecule has 0 bridgehead atoms. The van der Waals surface area contributed by atoms with Crippen LogP contribution in [-0.2, 0) is 43.4 Å². The van der Waals surface area contributed by atoms with E-state index in [4.69, 9.17) is 18.8 Å². The van der Waals surface area contributed by atoms with Crippen LogP contribution in [0.1, 0.15) is 38.5 Å². The second-order valence-electron chi connectivity index (χ2n) is 9.06. The monoisotopic (exact) mass is 612 g/mol. The van der Waals surface area contributed by atoms with Gasteiger partial charge in [-0.2, -0.15) is 43.5 Å². The van der Waals surface area contributed by atoms with Gasteiger partial charge in [0.05, 0.1) is 31.7 Å². The van der Waals surface area contributed by atoms with E-state index < -0.39 is 103 Å². The van der Waals surface area contributed by atoms with Gasteiger partial charge in [0, 0.05) is 6.42 Å². The van der Waals surface area contributed by atoms with Gasteiger partial charge >= 0.3 is 39.7 Å². The van der Waals surface area contributed by atoms with Gasteiger partial charge in [0.15, 0.2) is 12.4 Å². The number of ether oxygens (including phenoxy) is 5. The molecule has 39 heavy (non-hydrogen) atoms. The second-order valence-corrected chi connectivity index (χ2v) is 10.5. The van der Waals surface area contributed by atoms with Crippen molar-refractivity contribution < 1.29 is 86.5 Å². The Bertz CT molecular complexity index is 975. The van der Waals surface area contributed by atoms with Crippen molar-refractivity contribution in [1.29, 1.82) is 0 Å². The van der Waals surface area contributed by atoms with Crippen LogP contribution in [0.4, 0.5) is 35.1 Å². The van der Waals surface area contributed by atoms with E-state index in [1.54, 1.807) is 0 Å². The Balaban J connectivity index is 2.19. The van der Waals surface area contributed by atoms with Gasteiger partial charge in [-0.1, -0.05) is 0 Å². The number of halogens is 8. The standard InChI is InChI=1S/C19H24F8O11S/c20-17(21,22)5-12(28)34-7-15(8-35-13(29)6-18(23,24)25)9-36-16(37-10-15)4-2-1-3-11(16)38-14(30)19(26,27)39(31,32)33/h11-12,28H,1-10H2,(H,31,32,33). The average Bonchev–Trinajstić information content (AvgIpc) is 2.76. The van der Waals surface area contributed by atoms with Gasteiger partial charge in [-0.15, -0.1) is 0 Å². The van der Waals surface area contributed by atoms with Gasteiger partial charge in [-0.25, -0.2) is 4.79 Å². The molecule has 0 aromatic carbocycles. The van der Waals surface area contributed by atoms with E-state index >= 15 is 0 Å². The quantitative estimate of drug-likeness (QED) is 0.162. The number of carbonyl (C=O) groups is 2. The van der Waals surface area contributed by atoms with Crippen LogP contribution in [0.15, 0.2) is 0 Å².